The van der Waals surface area contributed by atoms with Crippen LogP contribution < -0.4 is 0 Å². The van der Waals surface area contributed by atoms with E-state index < -0.39 is 0 Å². The molecule has 2 aromatic rings. The quantitative estimate of drug-likeness (QED) is 0.522. The highest BCUT2D eigenvalue weighted by molar-refractivity contribution is 5.93. The Labute approximate surface area is 133 Å². The molecule has 3 heterocycles. The van der Waals surface area contributed by atoms with E-state index >= 15 is 0 Å². The molecule has 116 valence electrons. The zero-order chi connectivity index (χ0) is 16.0. The molecular formula is C17H17N5O. The van der Waals surface area contributed by atoms with Crippen molar-refractivity contribution >= 4 is 16.7 Å². The molecule has 23 heavy (non-hydrogen) atoms. The van der Waals surface area contributed by atoms with Crippen LogP contribution in [-0.2, 0) is 11.2 Å². The van der Waals surface area contributed by atoms with Crippen LogP contribution in [0.1, 0.15) is 30.6 Å². The van der Waals surface area contributed by atoms with E-state index in [9.17, 15) is 4.79 Å². The Kier molecular flexibility index (Phi) is 3.13. The van der Waals surface area contributed by atoms with Crippen molar-refractivity contribution in [3.63, 3.8) is 0 Å². The third kappa shape index (κ3) is 2.11. The summed E-state index contributed by atoms with van der Waals surface area (Å²) in [6.07, 6.45) is 3.36. The maximum Gasteiger partial charge on any atom is 0.157 e. The van der Waals surface area contributed by atoms with Gasteiger partial charge in [-0.15, -0.1) is 0 Å². The minimum atomic E-state index is -0.268. The summed E-state index contributed by atoms with van der Waals surface area (Å²) in [7, 11) is 0. The van der Waals surface area contributed by atoms with E-state index in [1.807, 2.05) is 18.3 Å². The van der Waals surface area contributed by atoms with Gasteiger partial charge in [0, 0.05) is 39.8 Å². The maximum atomic E-state index is 11.8. The summed E-state index contributed by atoms with van der Waals surface area (Å²) in [6.45, 7) is 2.39. The second-order valence-corrected chi connectivity index (χ2v) is 6.18. The number of aromatic amines is 1. The number of Topliss-reactive ketones (excluding diaryl/α,β-unsaturated/α-hetero) is 1. The first-order valence-corrected chi connectivity index (χ1v) is 7.80. The van der Waals surface area contributed by atoms with Crippen LogP contribution in [-0.4, -0.2) is 28.3 Å². The number of carbonyl (C=O) groups excluding carboxylic acids is 1. The number of para-hydroxylation sites is 1. The molecule has 0 bridgehead atoms. The van der Waals surface area contributed by atoms with Crippen molar-refractivity contribution in [1.29, 1.82) is 0 Å². The van der Waals surface area contributed by atoms with Gasteiger partial charge in [0.05, 0.1) is 12.1 Å². The summed E-state index contributed by atoms with van der Waals surface area (Å²) in [6, 6.07) is 7.97. The zero-order valence-corrected chi connectivity index (χ0v) is 12.9. The monoisotopic (exact) mass is 307 g/mol. The van der Waals surface area contributed by atoms with Crippen LogP contribution in [0.25, 0.3) is 21.3 Å². The lowest BCUT2D eigenvalue weighted by atomic mass is 9.86. The first-order valence-electron chi connectivity index (χ1n) is 7.80. The van der Waals surface area contributed by atoms with Gasteiger partial charge in [-0.1, -0.05) is 23.3 Å². The average molecular weight is 307 g/mol. The molecule has 0 amide bonds. The van der Waals surface area contributed by atoms with E-state index in [2.05, 4.69) is 32.0 Å². The lowest BCUT2D eigenvalue weighted by Gasteiger charge is -2.42. The summed E-state index contributed by atoms with van der Waals surface area (Å²) < 4.78 is 0. The van der Waals surface area contributed by atoms with Crippen molar-refractivity contribution in [2.24, 2.45) is 5.11 Å². The van der Waals surface area contributed by atoms with Gasteiger partial charge in [-0.25, -0.2) is 0 Å². The van der Waals surface area contributed by atoms with Crippen molar-refractivity contribution in [3.8, 4) is 0 Å². The van der Waals surface area contributed by atoms with Crippen LogP contribution in [0.3, 0.4) is 0 Å². The summed E-state index contributed by atoms with van der Waals surface area (Å²) in [5.41, 5.74) is 13.2. The van der Waals surface area contributed by atoms with Gasteiger partial charge in [0.25, 0.3) is 0 Å². The van der Waals surface area contributed by atoms with Gasteiger partial charge < -0.3 is 9.88 Å². The third-order valence-electron chi connectivity index (χ3n) is 4.89. The maximum absolute atomic E-state index is 11.8. The first-order chi connectivity index (χ1) is 11.2. The molecule has 0 saturated heterocycles. The van der Waals surface area contributed by atoms with Crippen LogP contribution >= 0.6 is 0 Å². The minimum Gasteiger partial charge on any atom is -0.368 e. The summed E-state index contributed by atoms with van der Waals surface area (Å²) >= 11 is 0. The molecule has 1 aromatic heterocycles. The number of H-pyrrole nitrogens is 1. The number of hydrogen-bond acceptors (Lipinski definition) is 3. The van der Waals surface area contributed by atoms with Crippen LogP contribution in [0.5, 0.6) is 0 Å². The highest BCUT2D eigenvalue weighted by Gasteiger charge is 2.38. The van der Waals surface area contributed by atoms with Crippen LogP contribution in [0.15, 0.2) is 41.2 Å². The summed E-state index contributed by atoms with van der Waals surface area (Å²) in [5, 5.41) is 5.23. The lowest BCUT2D eigenvalue weighted by molar-refractivity contribution is -0.114. The van der Waals surface area contributed by atoms with Crippen LogP contribution in [0.4, 0.5) is 0 Å². The number of nitrogens with one attached hydrogen (secondary N) is 1. The average Bonchev–Trinajstić information content (AvgIpc) is 2.93. The Bertz CT molecular complexity index is 874. The highest BCUT2D eigenvalue weighted by atomic mass is 16.1. The van der Waals surface area contributed by atoms with Gasteiger partial charge in [0.15, 0.2) is 5.78 Å². The molecular weight excluding hydrogens is 290 g/mol. The van der Waals surface area contributed by atoms with E-state index in [-0.39, 0.29) is 17.9 Å². The summed E-state index contributed by atoms with van der Waals surface area (Å²) in [5.74, 6) is 0.0454. The fraction of sp³-hybridized carbons (Fsp3) is 0.353. The molecule has 0 fully saturated rings. The molecule has 0 radical (unpaired) electrons. The van der Waals surface area contributed by atoms with Gasteiger partial charge in [-0.3, -0.25) is 4.79 Å². The molecule has 6 heteroatoms. The molecule has 2 aliphatic rings. The molecule has 0 unspecified atom stereocenters. The van der Waals surface area contributed by atoms with Gasteiger partial charge in [-0.2, -0.15) is 0 Å². The van der Waals surface area contributed by atoms with Gasteiger partial charge in [0.1, 0.15) is 0 Å². The van der Waals surface area contributed by atoms with Crippen molar-refractivity contribution in [3.05, 3.63) is 57.7 Å². The smallest absolute Gasteiger partial charge is 0.157 e. The standard InChI is InChI=1S/C17H17N5O/c1-10(23)11-8-15(20-21-18)17-16-13(6-7-22(17)9-11)12-4-2-3-5-14(12)19-16/h2-5,9,15,17,19H,6-8H2,1H3/t15-,17-/m1/s1. The number of benzene rings is 1. The number of hydrogen-bond donors (Lipinski definition) is 1. The van der Waals surface area contributed by atoms with Crippen molar-refractivity contribution < 1.29 is 4.79 Å². The van der Waals surface area contributed by atoms with E-state index in [1.165, 1.54) is 10.9 Å². The fourth-order valence-electron chi connectivity index (χ4n) is 3.84. The number of rotatable bonds is 2. The van der Waals surface area contributed by atoms with Crippen LogP contribution in [0.2, 0.25) is 0 Å². The molecule has 1 aromatic carbocycles. The van der Waals surface area contributed by atoms with Crippen molar-refractivity contribution in [2.75, 3.05) is 6.54 Å². The van der Waals surface area contributed by atoms with Gasteiger partial charge >= 0.3 is 0 Å². The molecule has 6 nitrogen and oxygen atoms in total. The Balaban J connectivity index is 1.88. The number of nitrogens with zero attached hydrogens (tertiary/aromatic N) is 4. The fourth-order valence-corrected chi connectivity index (χ4v) is 3.84. The van der Waals surface area contributed by atoms with Crippen LogP contribution in [0, 0.1) is 0 Å². The van der Waals surface area contributed by atoms with E-state index in [0.717, 1.165) is 29.7 Å². The summed E-state index contributed by atoms with van der Waals surface area (Å²) in [4.78, 5) is 20.4. The number of aromatic nitrogens is 1. The van der Waals surface area contributed by atoms with E-state index in [0.29, 0.717) is 6.42 Å². The Morgan fingerprint density at radius 3 is 3.04 bits per heavy atom. The molecule has 0 saturated carbocycles. The zero-order valence-electron chi connectivity index (χ0n) is 12.9. The molecule has 2 atom stereocenters. The predicted molar refractivity (Wildman–Crippen MR) is 87.8 cm³/mol. The second kappa shape index (κ2) is 5.18. The highest BCUT2D eigenvalue weighted by Crippen LogP contribution is 2.41. The molecule has 1 N–H and O–H groups in total. The molecule has 0 spiro atoms. The van der Waals surface area contributed by atoms with Gasteiger partial charge in [-0.05, 0) is 36.9 Å². The van der Waals surface area contributed by atoms with Crippen molar-refractivity contribution in [1.82, 2.24) is 9.88 Å². The molecule has 2 aliphatic heterocycles. The first kappa shape index (κ1) is 13.9. The Hall–Kier alpha value is -2.72. The number of azide groups is 1. The van der Waals surface area contributed by atoms with Gasteiger partial charge in [0.2, 0.25) is 0 Å². The predicted octanol–water partition coefficient (Wildman–Crippen LogP) is 3.62. The SMILES string of the molecule is CC(=O)C1=CN2CCc3c([nH]c4ccccc34)[C@H]2[C@H](N=[N+]=[N-])C1. The van der Waals surface area contributed by atoms with Crippen molar-refractivity contribution in [2.45, 2.75) is 31.8 Å². The Morgan fingerprint density at radius 1 is 1.43 bits per heavy atom. The number of carbonyl (C=O) groups is 1. The van der Waals surface area contributed by atoms with E-state index in [1.54, 1.807) is 6.92 Å². The minimum absolute atomic E-state index is 0.0230. The number of ketones is 1. The molecule has 0 aliphatic carbocycles. The Morgan fingerprint density at radius 2 is 2.26 bits per heavy atom. The lowest BCUT2D eigenvalue weighted by Crippen LogP contribution is -2.41. The van der Waals surface area contributed by atoms with E-state index in [4.69, 9.17) is 5.53 Å². The normalized spacial score (nSPS) is 22.8. The largest absolute Gasteiger partial charge is 0.368 e. The second-order valence-electron chi connectivity index (χ2n) is 6.18. The topological polar surface area (TPSA) is 84.9 Å². The number of fused-ring (bicyclic) bond motifs is 5. The molecule has 4 rings (SSSR count). The third-order valence-corrected chi connectivity index (χ3v) is 4.89.